The first kappa shape index (κ1) is 20.0. The predicted octanol–water partition coefficient (Wildman–Crippen LogP) is 2.57. The number of nitrogens with one attached hydrogen (secondary N) is 2. The number of nitrogens with zero attached hydrogens (tertiary/aromatic N) is 1. The third-order valence-corrected chi connectivity index (χ3v) is 5.07. The molecule has 3 rings (SSSR count). The molecule has 0 bridgehead atoms. The molecule has 1 saturated carbocycles. The average molecular weight is 399 g/mol. The summed E-state index contributed by atoms with van der Waals surface area (Å²) >= 11 is 0. The molecule has 1 aromatic carbocycles. The van der Waals surface area contributed by atoms with E-state index in [1.165, 1.54) is 31.4 Å². The highest BCUT2D eigenvalue weighted by molar-refractivity contribution is 6.10. The molecule has 1 heterocycles. The Hall–Kier alpha value is -2.78. The molecule has 152 valence electrons. The molecule has 0 radical (unpaired) electrons. The third kappa shape index (κ3) is 3.38. The van der Waals surface area contributed by atoms with Gasteiger partial charge in [-0.15, -0.1) is 0 Å². The van der Waals surface area contributed by atoms with E-state index in [-0.39, 0.29) is 5.56 Å². The minimum atomic E-state index is -5.22. The van der Waals surface area contributed by atoms with Gasteiger partial charge in [0.2, 0.25) is 0 Å². The van der Waals surface area contributed by atoms with E-state index >= 15 is 0 Å². The van der Waals surface area contributed by atoms with E-state index in [1.54, 1.807) is 10.6 Å². The minimum Gasteiger partial charge on any atom is -0.497 e. The standard InChI is InChI=1S/C18H20F3N3O4/c1-28-13-9-7-11(8-10-13)14(25)22-17(18(19,20)21)15(26)24(16(27)23-17)12-5-3-2-4-6-12/h7-10,12H,2-6H2,1H3,(H,22,25)(H,23,27)/t17-/m1/s1. The number of ether oxygens (including phenoxy) is 1. The Balaban J connectivity index is 1.89. The van der Waals surface area contributed by atoms with Crippen LogP contribution in [0.25, 0.3) is 0 Å². The molecule has 0 aromatic heterocycles. The van der Waals surface area contributed by atoms with Gasteiger partial charge >= 0.3 is 12.2 Å². The number of carbonyl (C=O) groups is 3. The zero-order chi connectivity index (χ0) is 20.5. The third-order valence-electron chi connectivity index (χ3n) is 5.07. The molecule has 1 aliphatic heterocycles. The van der Waals surface area contributed by atoms with Crippen molar-refractivity contribution in [1.29, 1.82) is 0 Å². The maximum Gasteiger partial charge on any atom is 0.440 e. The van der Waals surface area contributed by atoms with E-state index in [9.17, 15) is 27.6 Å². The van der Waals surface area contributed by atoms with Crippen LogP contribution in [-0.4, -0.2) is 47.7 Å². The SMILES string of the molecule is COc1ccc(C(=O)N[C@@]2(C(F)(F)F)NC(=O)N(C3CCCCC3)C2=O)cc1. The van der Waals surface area contributed by atoms with Gasteiger partial charge in [0.1, 0.15) is 5.75 Å². The molecule has 2 N–H and O–H groups in total. The Bertz CT molecular complexity index is 775. The van der Waals surface area contributed by atoms with Crippen molar-refractivity contribution >= 4 is 17.8 Å². The van der Waals surface area contributed by atoms with Crippen LogP contribution in [0.5, 0.6) is 5.75 Å². The maximum absolute atomic E-state index is 13.9. The largest absolute Gasteiger partial charge is 0.497 e. The molecule has 1 aromatic rings. The summed E-state index contributed by atoms with van der Waals surface area (Å²) in [4.78, 5) is 38.0. The number of imide groups is 1. The monoisotopic (exact) mass is 399 g/mol. The van der Waals surface area contributed by atoms with Crippen LogP contribution in [0.1, 0.15) is 42.5 Å². The fourth-order valence-corrected chi connectivity index (χ4v) is 3.55. The van der Waals surface area contributed by atoms with Gasteiger partial charge in [0.25, 0.3) is 17.5 Å². The van der Waals surface area contributed by atoms with Crippen LogP contribution in [-0.2, 0) is 4.79 Å². The summed E-state index contributed by atoms with van der Waals surface area (Å²) in [6, 6.07) is 3.57. The van der Waals surface area contributed by atoms with Gasteiger partial charge in [-0.05, 0) is 37.1 Å². The Morgan fingerprint density at radius 1 is 1.18 bits per heavy atom. The van der Waals surface area contributed by atoms with E-state index in [2.05, 4.69) is 0 Å². The fourth-order valence-electron chi connectivity index (χ4n) is 3.55. The number of alkyl halides is 3. The second kappa shape index (κ2) is 7.33. The van der Waals surface area contributed by atoms with Gasteiger partial charge in [-0.25, -0.2) is 4.79 Å². The van der Waals surface area contributed by atoms with Gasteiger partial charge in [-0.1, -0.05) is 19.3 Å². The fraction of sp³-hybridized carbons (Fsp3) is 0.500. The molecule has 2 aliphatic rings. The van der Waals surface area contributed by atoms with Crippen LogP contribution >= 0.6 is 0 Å². The van der Waals surface area contributed by atoms with E-state index in [0.717, 1.165) is 19.3 Å². The second-order valence-corrected chi connectivity index (χ2v) is 6.83. The zero-order valence-electron chi connectivity index (χ0n) is 15.1. The summed E-state index contributed by atoms with van der Waals surface area (Å²) in [5.74, 6) is -2.23. The van der Waals surface area contributed by atoms with Crippen molar-refractivity contribution in [3.05, 3.63) is 29.8 Å². The van der Waals surface area contributed by atoms with Crippen LogP contribution in [0.4, 0.5) is 18.0 Å². The van der Waals surface area contributed by atoms with Crippen molar-refractivity contribution in [3.8, 4) is 5.75 Å². The average Bonchev–Trinajstić information content (AvgIpc) is 2.93. The van der Waals surface area contributed by atoms with Crippen molar-refractivity contribution < 1.29 is 32.3 Å². The highest BCUT2D eigenvalue weighted by atomic mass is 19.4. The Labute approximate surface area is 159 Å². The quantitative estimate of drug-likeness (QED) is 0.762. The van der Waals surface area contributed by atoms with Gasteiger partial charge in [-0.2, -0.15) is 13.2 Å². The van der Waals surface area contributed by atoms with Crippen LogP contribution in [0.3, 0.4) is 0 Å². The Kier molecular flexibility index (Phi) is 5.22. The second-order valence-electron chi connectivity index (χ2n) is 6.83. The lowest BCUT2D eigenvalue weighted by Crippen LogP contribution is -2.69. The molecule has 28 heavy (non-hydrogen) atoms. The maximum atomic E-state index is 13.9. The highest BCUT2D eigenvalue weighted by Crippen LogP contribution is 2.36. The number of halogens is 3. The summed E-state index contributed by atoms with van der Waals surface area (Å²) in [5.41, 5.74) is -3.60. The van der Waals surface area contributed by atoms with Gasteiger partial charge in [0, 0.05) is 11.6 Å². The number of benzene rings is 1. The summed E-state index contributed by atoms with van der Waals surface area (Å²) in [6.07, 6.45) is -1.99. The van der Waals surface area contributed by atoms with Crippen molar-refractivity contribution in [1.82, 2.24) is 15.5 Å². The number of amides is 4. The summed E-state index contributed by atoms with van der Waals surface area (Å²) < 4.78 is 46.6. The molecular weight excluding hydrogens is 379 g/mol. The number of rotatable bonds is 4. The lowest BCUT2D eigenvalue weighted by molar-refractivity contribution is -0.200. The smallest absolute Gasteiger partial charge is 0.440 e. The van der Waals surface area contributed by atoms with Crippen molar-refractivity contribution in [2.24, 2.45) is 0 Å². The van der Waals surface area contributed by atoms with Crippen LogP contribution < -0.4 is 15.4 Å². The van der Waals surface area contributed by atoms with Crippen LogP contribution in [0, 0.1) is 0 Å². The lowest BCUT2D eigenvalue weighted by Gasteiger charge is -2.32. The molecule has 2 fully saturated rings. The molecule has 10 heteroatoms. The molecule has 1 aliphatic carbocycles. The van der Waals surface area contributed by atoms with Crippen LogP contribution in [0.2, 0.25) is 0 Å². The van der Waals surface area contributed by atoms with Gasteiger partial charge in [0.05, 0.1) is 7.11 Å². The van der Waals surface area contributed by atoms with Crippen molar-refractivity contribution in [2.45, 2.75) is 50.0 Å². The molecule has 0 spiro atoms. The molecule has 7 nitrogen and oxygen atoms in total. The summed E-state index contributed by atoms with van der Waals surface area (Å²) in [5, 5.41) is 3.39. The number of hydrogen-bond donors (Lipinski definition) is 2. The predicted molar refractivity (Wildman–Crippen MR) is 91.5 cm³/mol. The minimum absolute atomic E-state index is 0.109. The topological polar surface area (TPSA) is 87.7 Å². The van der Waals surface area contributed by atoms with Crippen LogP contribution in [0.15, 0.2) is 24.3 Å². The number of carbonyl (C=O) groups excluding carboxylic acids is 3. The first-order valence-corrected chi connectivity index (χ1v) is 8.88. The summed E-state index contributed by atoms with van der Waals surface area (Å²) in [7, 11) is 1.40. The molecular formula is C18H20F3N3O4. The molecule has 4 amide bonds. The van der Waals surface area contributed by atoms with Crippen molar-refractivity contribution in [2.75, 3.05) is 7.11 Å². The van der Waals surface area contributed by atoms with Gasteiger partial charge < -0.3 is 10.1 Å². The first-order valence-electron chi connectivity index (χ1n) is 8.88. The van der Waals surface area contributed by atoms with E-state index < -0.39 is 35.7 Å². The normalized spacial score (nSPS) is 23.5. The van der Waals surface area contributed by atoms with Gasteiger partial charge in [0.15, 0.2) is 0 Å². The Morgan fingerprint density at radius 2 is 1.79 bits per heavy atom. The van der Waals surface area contributed by atoms with E-state index in [4.69, 9.17) is 4.74 Å². The van der Waals surface area contributed by atoms with Crippen molar-refractivity contribution in [3.63, 3.8) is 0 Å². The Morgan fingerprint density at radius 3 is 2.32 bits per heavy atom. The zero-order valence-corrected chi connectivity index (χ0v) is 15.1. The number of urea groups is 1. The summed E-state index contributed by atoms with van der Waals surface area (Å²) in [6.45, 7) is 0. The molecule has 0 unspecified atom stereocenters. The van der Waals surface area contributed by atoms with E-state index in [1.807, 2.05) is 0 Å². The lowest BCUT2D eigenvalue weighted by atomic mass is 9.94. The molecule has 1 saturated heterocycles. The first-order chi connectivity index (χ1) is 13.2. The molecule has 1 atom stereocenters. The number of methoxy groups -OCH3 is 1. The van der Waals surface area contributed by atoms with Gasteiger partial charge in [-0.3, -0.25) is 19.8 Å². The highest BCUT2D eigenvalue weighted by Gasteiger charge is 2.69. The van der Waals surface area contributed by atoms with E-state index in [0.29, 0.717) is 23.5 Å². The number of hydrogen-bond acceptors (Lipinski definition) is 4.